The quantitative estimate of drug-likeness (QED) is 0.569. The third-order valence-electron chi connectivity index (χ3n) is 0.419. The Morgan fingerprint density at radius 2 is 1.57 bits per heavy atom. The summed E-state index contributed by atoms with van der Waals surface area (Å²) >= 11 is 20.2. The second kappa shape index (κ2) is 19.2. The van der Waals surface area contributed by atoms with Crippen molar-refractivity contribution in [2.75, 3.05) is 18.4 Å². The van der Waals surface area contributed by atoms with Crippen LogP contribution in [0.1, 0.15) is 20.8 Å². The largest absolute Gasteiger partial charge is 0.466 e. The Morgan fingerprint density at radius 1 is 1.29 bits per heavy atom. The average Bonchev–Trinajstić information content (AvgIpc) is 2.03. The van der Waals surface area contributed by atoms with E-state index in [-0.39, 0.29) is 10.8 Å². The molecule has 0 rings (SSSR count). The van der Waals surface area contributed by atoms with Gasteiger partial charge in [-0.05, 0) is 13.8 Å². The highest BCUT2D eigenvalue weighted by Crippen LogP contribution is 1.95. The molecule has 0 aliphatic rings. The molecular formula is C8H16Cl4O2. The lowest BCUT2D eigenvalue weighted by Crippen LogP contribution is -1.95. The van der Waals surface area contributed by atoms with Gasteiger partial charge in [-0.25, -0.2) is 0 Å². The molecule has 0 N–H and O–H groups in total. The molecular weight excluding hydrogens is 270 g/mol. The summed E-state index contributed by atoms with van der Waals surface area (Å²) < 4.78 is 4.40. The van der Waals surface area contributed by atoms with Crippen molar-refractivity contribution in [2.45, 2.75) is 25.6 Å². The SMILES string of the molecule is CC(Cl)Cl.CCOC(C)=O.ClCCCl. The van der Waals surface area contributed by atoms with E-state index in [1.165, 1.54) is 6.92 Å². The molecule has 0 bridgehead atoms. The number of halogens is 4. The van der Waals surface area contributed by atoms with Crippen LogP contribution in [0.2, 0.25) is 0 Å². The minimum atomic E-state index is -0.222. The molecule has 88 valence electrons. The van der Waals surface area contributed by atoms with Crippen LogP contribution in [-0.4, -0.2) is 29.2 Å². The molecule has 0 saturated carbocycles. The Balaban J connectivity index is -0.000000135. The highest BCUT2D eigenvalue weighted by Gasteiger charge is 1.81. The number of carbonyl (C=O) groups is 1. The molecule has 0 atom stereocenters. The number of hydrogen-bond acceptors (Lipinski definition) is 2. The van der Waals surface area contributed by atoms with Crippen LogP contribution in [0.4, 0.5) is 0 Å². The van der Waals surface area contributed by atoms with Crippen LogP contribution in [0.5, 0.6) is 0 Å². The van der Waals surface area contributed by atoms with E-state index in [1.54, 1.807) is 13.8 Å². The maximum absolute atomic E-state index is 9.82. The number of alkyl halides is 4. The van der Waals surface area contributed by atoms with Gasteiger partial charge in [0, 0.05) is 18.7 Å². The van der Waals surface area contributed by atoms with Gasteiger partial charge in [0.1, 0.15) is 4.84 Å². The molecule has 0 aliphatic carbocycles. The molecule has 0 amide bonds. The molecule has 14 heavy (non-hydrogen) atoms. The van der Waals surface area contributed by atoms with Gasteiger partial charge in [-0.3, -0.25) is 4.79 Å². The summed E-state index contributed by atoms with van der Waals surface area (Å²) in [6.45, 7) is 5.35. The van der Waals surface area contributed by atoms with E-state index in [4.69, 9.17) is 46.4 Å². The van der Waals surface area contributed by atoms with Gasteiger partial charge in [0.25, 0.3) is 0 Å². The molecule has 0 fully saturated rings. The van der Waals surface area contributed by atoms with Gasteiger partial charge in [-0.15, -0.1) is 46.4 Å². The number of esters is 1. The first-order valence-electron chi connectivity index (χ1n) is 3.95. The standard InChI is InChI=1S/C4H8O2.2C2H4Cl2/c1-3-6-4(2)5;1-2(3)4;3-1-2-4/h3H2,1-2H3;2H,1H3;1-2H2. The van der Waals surface area contributed by atoms with Crippen LogP contribution in [0.3, 0.4) is 0 Å². The second-order valence-corrected chi connectivity index (χ2v) is 4.11. The first-order chi connectivity index (χ1) is 6.42. The average molecular weight is 286 g/mol. The van der Waals surface area contributed by atoms with Crippen LogP contribution >= 0.6 is 46.4 Å². The zero-order valence-corrected chi connectivity index (χ0v) is 11.6. The Labute approximate surface area is 106 Å². The molecule has 0 aliphatic heterocycles. The van der Waals surface area contributed by atoms with Crippen LogP contribution in [0.15, 0.2) is 0 Å². The summed E-state index contributed by atoms with van der Waals surface area (Å²) in [6, 6.07) is 0. The monoisotopic (exact) mass is 284 g/mol. The molecule has 0 aromatic carbocycles. The molecule has 6 heteroatoms. The second-order valence-electron chi connectivity index (χ2n) is 1.82. The van der Waals surface area contributed by atoms with Crippen LogP contribution in [0.25, 0.3) is 0 Å². The predicted octanol–water partition coefficient (Wildman–Crippen LogP) is 3.84. The van der Waals surface area contributed by atoms with E-state index in [1.807, 2.05) is 0 Å². The number of rotatable bonds is 2. The molecule has 0 unspecified atom stereocenters. The Kier molecular flexibility index (Phi) is 27.6. The first kappa shape index (κ1) is 20.1. The third kappa shape index (κ3) is 79.7. The van der Waals surface area contributed by atoms with E-state index in [9.17, 15) is 4.79 Å². The summed E-state index contributed by atoms with van der Waals surface area (Å²) in [6.07, 6.45) is 0. The summed E-state index contributed by atoms with van der Waals surface area (Å²) in [5.41, 5.74) is 0. The zero-order valence-electron chi connectivity index (χ0n) is 8.53. The third-order valence-corrected chi connectivity index (χ3v) is 0.990. The number of hydrogen-bond donors (Lipinski definition) is 0. The van der Waals surface area contributed by atoms with Crippen LogP contribution in [0, 0.1) is 0 Å². The topological polar surface area (TPSA) is 26.3 Å². The lowest BCUT2D eigenvalue weighted by molar-refractivity contribution is -0.140. The minimum Gasteiger partial charge on any atom is -0.466 e. The highest BCUT2D eigenvalue weighted by molar-refractivity contribution is 6.43. The highest BCUT2D eigenvalue weighted by atomic mass is 35.5. The first-order valence-corrected chi connectivity index (χ1v) is 5.89. The van der Waals surface area contributed by atoms with E-state index in [0.717, 1.165) is 0 Å². The Bertz CT molecular complexity index is 105. The van der Waals surface area contributed by atoms with Crippen LogP contribution < -0.4 is 0 Å². The maximum atomic E-state index is 9.82. The van der Waals surface area contributed by atoms with Crippen molar-refractivity contribution in [3.63, 3.8) is 0 Å². The van der Waals surface area contributed by atoms with Crippen molar-refractivity contribution < 1.29 is 9.53 Å². The summed E-state index contributed by atoms with van der Waals surface area (Å²) in [7, 11) is 0. The Morgan fingerprint density at radius 3 is 1.57 bits per heavy atom. The molecule has 2 nitrogen and oxygen atoms in total. The van der Waals surface area contributed by atoms with Gasteiger partial charge >= 0.3 is 5.97 Å². The smallest absolute Gasteiger partial charge is 0.302 e. The van der Waals surface area contributed by atoms with E-state index in [2.05, 4.69) is 4.74 Å². The van der Waals surface area contributed by atoms with Gasteiger partial charge in [0.15, 0.2) is 0 Å². The Hall–Kier alpha value is 0.630. The van der Waals surface area contributed by atoms with Crippen molar-refractivity contribution in [3.8, 4) is 0 Å². The van der Waals surface area contributed by atoms with E-state index in [0.29, 0.717) is 18.4 Å². The van der Waals surface area contributed by atoms with Gasteiger partial charge < -0.3 is 4.74 Å². The van der Waals surface area contributed by atoms with Crippen molar-refractivity contribution in [2.24, 2.45) is 0 Å². The maximum Gasteiger partial charge on any atom is 0.302 e. The molecule has 0 saturated heterocycles. The number of carbonyl (C=O) groups excluding carboxylic acids is 1. The summed E-state index contributed by atoms with van der Waals surface area (Å²) in [5.74, 6) is 0.904. The molecule has 0 radical (unpaired) electrons. The van der Waals surface area contributed by atoms with Crippen LogP contribution in [-0.2, 0) is 9.53 Å². The van der Waals surface area contributed by atoms with Crippen molar-refractivity contribution in [3.05, 3.63) is 0 Å². The zero-order chi connectivity index (χ0) is 12.0. The summed E-state index contributed by atoms with van der Waals surface area (Å²) in [5, 5.41) is 0. The van der Waals surface area contributed by atoms with Gasteiger partial charge in [0.05, 0.1) is 6.61 Å². The normalized spacial score (nSPS) is 8.00. The van der Waals surface area contributed by atoms with Gasteiger partial charge in [-0.2, -0.15) is 0 Å². The van der Waals surface area contributed by atoms with E-state index >= 15 is 0 Å². The lowest BCUT2D eigenvalue weighted by Gasteiger charge is -1.89. The predicted molar refractivity (Wildman–Crippen MR) is 64.9 cm³/mol. The fraction of sp³-hybridized carbons (Fsp3) is 0.875. The van der Waals surface area contributed by atoms with Gasteiger partial charge in [-0.1, -0.05) is 0 Å². The molecule has 0 heterocycles. The van der Waals surface area contributed by atoms with Crippen molar-refractivity contribution in [1.29, 1.82) is 0 Å². The molecule has 0 aromatic heterocycles. The summed E-state index contributed by atoms with van der Waals surface area (Å²) in [4.78, 5) is 9.60. The molecule has 0 aromatic rings. The minimum absolute atomic E-state index is 0.211. The number of ether oxygens (including phenoxy) is 1. The fourth-order valence-electron chi connectivity index (χ4n) is 0.203. The molecule has 0 spiro atoms. The van der Waals surface area contributed by atoms with Crippen molar-refractivity contribution in [1.82, 2.24) is 0 Å². The van der Waals surface area contributed by atoms with Gasteiger partial charge in [0.2, 0.25) is 0 Å². The fourth-order valence-corrected chi connectivity index (χ4v) is 0.203. The van der Waals surface area contributed by atoms with Crippen molar-refractivity contribution >= 4 is 52.4 Å². The van der Waals surface area contributed by atoms with E-state index < -0.39 is 0 Å². The lowest BCUT2D eigenvalue weighted by atomic mass is 10.8.